The van der Waals surface area contributed by atoms with Crippen LogP contribution in [0.15, 0.2) is 71.2 Å². The summed E-state index contributed by atoms with van der Waals surface area (Å²) in [6.45, 7) is 4.85. The van der Waals surface area contributed by atoms with E-state index in [-0.39, 0.29) is 18.4 Å². The quantitative estimate of drug-likeness (QED) is 0.253. The molecular formula is C30H31BrN4O4. The van der Waals surface area contributed by atoms with E-state index in [2.05, 4.69) is 26.6 Å². The van der Waals surface area contributed by atoms with Crippen molar-refractivity contribution in [2.24, 2.45) is 0 Å². The van der Waals surface area contributed by atoms with Crippen molar-refractivity contribution < 1.29 is 19.1 Å². The summed E-state index contributed by atoms with van der Waals surface area (Å²) >= 11 is 3.64. The second-order valence-electron chi connectivity index (χ2n) is 9.32. The van der Waals surface area contributed by atoms with Gasteiger partial charge in [0.1, 0.15) is 0 Å². The molecule has 1 aliphatic heterocycles. The van der Waals surface area contributed by atoms with Gasteiger partial charge in [-0.15, -0.1) is 0 Å². The summed E-state index contributed by atoms with van der Waals surface area (Å²) in [6, 6.07) is 20.3. The molecule has 0 atom stereocenters. The molecular weight excluding hydrogens is 560 g/mol. The van der Waals surface area contributed by atoms with Crippen LogP contribution < -0.4 is 15.5 Å². The average molecular weight is 592 g/mol. The fourth-order valence-electron chi connectivity index (χ4n) is 4.34. The largest absolute Gasteiger partial charge is 0.462 e. The Bertz CT molecular complexity index is 1440. The standard InChI is InChI=1S/C30H31BrN4O4/c1-5-39-30(38)21-11-13-23-25(17-21)33-29(37)27(23)28(20-9-7-6-8-10-20)32-22-12-14-26(24(31)18-22)35(19(2)36)16-15-34(3)4/h6-14,17-18,32H,5,15-16H2,1-4H3,(H,33,37)/b28-27-. The van der Waals surface area contributed by atoms with Gasteiger partial charge in [0.05, 0.1) is 34.8 Å². The molecule has 0 aliphatic carbocycles. The van der Waals surface area contributed by atoms with Gasteiger partial charge in [-0.05, 0) is 72.8 Å². The number of nitrogens with one attached hydrogen (secondary N) is 2. The Balaban J connectivity index is 1.74. The normalized spacial score (nSPS) is 13.5. The minimum Gasteiger partial charge on any atom is -0.462 e. The number of likely N-dealkylation sites (N-methyl/N-ethyl adjacent to an activating group) is 1. The van der Waals surface area contributed by atoms with Crippen molar-refractivity contribution in [1.29, 1.82) is 0 Å². The molecule has 1 heterocycles. The number of rotatable bonds is 9. The predicted molar refractivity (Wildman–Crippen MR) is 159 cm³/mol. The van der Waals surface area contributed by atoms with Gasteiger partial charge in [-0.25, -0.2) is 4.79 Å². The van der Waals surface area contributed by atoms with Crippen molar-refractivity contribution in [3.63, 3.8) is 0 Å². The van der Waals surface area contributed by atoms with Gasteiger partial charge in [-0.3, -0.25) is 9.59 Å². The predicted octanol–water partition coefficient (Wildman–Crippen LogP) is 5.47. The monoisotopic (exact) mass is 590 g/mol. The van der Waals surface area contributed by atoms with Gasteiger partial charge in [0.15, 0.2) is 0 Å². The van der Waals surface area contributed by atoms with Gasteiger partial charge in [0.25, 0.3) is 5.91 Å². The summed E-state index contributed by atoms with van der Waals surface area (Å²) < 4.78 is 5.85. The Kier molecular flexibility index (Phi) is 8.83. The van der Waals surface area contributed by atoms with E-state index >= 15 is 0 Å². The maximum Gasteiger partial charge on any atom is 0.338 e. The number of esters is 1. The molecule has 9 heteroatoms. The third-order valence-corrected chi connectivity index (χ3v) is 6.88. The number of hydrogen-bond donors (Lipinski definition) is 2. The number of amides is 2. The summed E-state index contributed by atoms with van der Waals surface area (Å²) in [5.74, 6) is -0.769. The van der Waals surface area contributed by atoms with E-state index in [1.807, 2.05) is 67.5 Å². The van der Waals surface area contributed by atoms with E-state index in [9.17, 15) is 14.4 Å². The SMILES string of the molecule is CCOC(=O)c1ccc2c(c1)NC(=O)/C2=C(\Nc1ccc(N(CCN(C)C)C(C)=O)c(Br)c1)c1ccccc1. The van der Waals surface area contributed by atoms with E-state index in [4.69, 9.17) is 4.74 Å². The summed E-state index contributed by atoms with van der Waals surface area (Å²) in [7, 11) is 3.93. The molecule has 0 saturated carbocycles. The van der Waals surface area contributed by atoms with E-state index in [1.54, 1.807) is 36.9 Å². The Morgan fingerprint density at radius 2 is 1.72 bits per heavy atom. The summed E-state index contributed by atoms with van der Waals surface area (Å²) in [6.07, 6.45) is 0. The molecule has 0 aromatic heterocycles. The van der Waals surface area contributed by atoms with E-state index in [0.717, 1.165) is 28.0 Å². The molecule has 4 rings (SSSR count). The smallest absolute Gasteiger partial charge is 0.338 e. The highest BCUT2D eigenvalue weighted by molar-refractivity contribution is 9.10. The summed E-state index contributed by atoms with van der Waals surface area (Å²) in [5.41, 5.74) is 5.00. The molecule has 1 aliphatic rings. The summed E-state index contributed by atoms with van der Waals surface area (Å²) in [4.78, 5) is 41.6. The summed E-state index contributed by atoms with van der Waals surface area (Å²) in [5, 5.41) is 6.33. The first kappa shape index (κ1) is 28.1. The Hall–Kier alpha value is -3.95. The Morgan fingerprint density at radius 1 is 0.974 bits per heavy atom. The van der Waals surface area contributed by atoms with Crippen molar-refractivity contribution in [1.82, 2.24) is 4.90 Å². The fraction of sp³-hybridized carbons (Fsp3) is 0.233. The molecule has 0 spiro atoms. The van der Waals surface area contributed by atoms with Gasteiger partial charge in [0, 0.05) is 35.7 Å². The van der Waals surface area contributed by atoms with E-state index in [0.29, 0.717) is 34.6 Å². The molecule has 0 saturated heterocycles. The third kappa shape index (κ3) is 6.38. The molecule has 202 valence electrons. The molecule has 39 heavy (non-hydrogen) atoms. The van der Waals surface area contributed by atoms with Crippen LogP contribution in [0.3, 0.4) is 0 Å². The highest BCUT2D eigenvalue weighted by atomic mass is 79.9. The second-order valence-corrected chi connectivity index (χ2v) is 10.2. The number of halogens is 1. The van der Waals surface area contributed by atoms with Crippen LogP contribution in [0, 0.1) is 0 Å². The van der Waals surface area contributed by atoms with Gasteiger partial charge >= 0.3 is 5.97 Å². The molecule has 0 bridgehead atoms. The van der Waals surface area contributed by atoms with Crippen LogP contribution in [0.2, 0.25) is 0 Å². The van der Waals surface area contributed by atoms with Crippen LogP contribution in [0.4, 0.5) is 17.1 Å². The lowest BCUT2D eigenvalue weighted by Crippen LogP contribution is -2.35. The molecule has 8 nitrogen and oxygen atoms in total. The Labute approximate surface area is 236 Å². The lowest BCUT2D eigenvalue weighted by molar-refractivity contribution is -0.116. The maximum atomic E-state index is 13.3. The zero-order valence-electron chi connectivity index (χ0n) is 22.4. The lowest BCUT2D eigenvalue weighted by Gasteiger charge is -2.25. The van der Waals surface area contributed by atoms with Gasteiger partial charge in [-0.2, -0.15) is 0 Å². The number of carbonyl (C=O) groups excluding carboxylic acids is 3. The van der Waals surface area contributed by atoms with Crippen LogP contribution in [0.25, 0.3) is 11.3 Å². The molecule has 0 unspecified atom stereocenters. The first-order valence-electron chi connectivity index (χ1n) is 12.6. The van der Waals surface area contributed by atoms with E-state index < -0.39 is 5.97 Å². The highest BCUT2D eigenvalue weighted by Crippen LogP contribution is 2.39. The number of ether oxygens (including phenoxy) is 1. The number of benzene rings is 3. The van der Waals surface area contributed by atoms with Crippen LogP contribution in [0.1, 0.15) is 35.3 Å². The molecule has 0 radical (unpaired) electrons. The number of anilines is 3. The average Bonchev–Trinajstić information content (AvgIpc) is 3.23. The number of carbonyl (C=O) groups is 3. The van der Waals surface area contributed by atoms with Gasteiger partial charge in [-0.1, -0.05) is 36.4 Å². The first-order valence-corrected chi connectivity index (χ1v) is 13.4. The van der Waals surface area contributed by atoms with Crippen molar-refractivity contribution >= 4 is 62.0 Å². The molecule has 0 fully saturated rings. The van der Waals surface area contributed by atoms with Crippen molar-refractivity contribution in [2.75, 3.05) is 49.3 Å². The molecule has 2 amide bonds. The second kappa shape index (κ2) is 12.3. The van der Waals surface area contributed by atoms with Gasteiger partial charge < -0.3 is 25.2 Å². The van der Waals surface area contributed by atoms with Crippen molar-refractivity contribution in [2.45, 2.75) is 13.8 Å². The minimum atomic E-state index is -0.441. The highest BCUT2D eigenvalue weighted by Gasteiger charge is 2.29. The Morgan fingerprint density at radius 3 is 2.36 bits per heavy atom. The molecule has 3 aromatic carbocycles. The van der Waals surface area contributed by atoms with Gasteiger partial charge in [0.2, 0.25) is 5.91 Å². The van der Waals surface area contributed by atoms with Crippen molar-refractivity contribution in [3.8, 4) is 0 Å². The van der Waals surface area contributed by atoms with Crippen LogP contribution in [-0.2, 0) is 14.3 Å². The lowest BCUT2D eigenvalue weighted by atomic mass is 9.99. The number of hydrogen-bond acceptors (Lipinski definition) is 6. The molecule has 3 aromatic rings. The third-order valence-electron chi connectivity index (χ3n) is 6.25. The van der Waals surface area contributed by atoms with Crippen LogP contribution >= 0.6 is 15.9 Å². The van der Waals surface area contributed by atoms with Crippen LogP contribution in [-0.4, -0.2) is 56.5 Å². The minimum absolute atomic E-state index is 0.0493. The van der Waals surface area contributed by atoms with E-state index in [1.165, 1.54) is 0 Å². The topological polar surface area (TPSA) is 91.0 Å². The number of fused-ring (bicyclic) bond motifs is 1. The fourth-order valence-corrected chi connectivity index (χ4v) is 4.93. The van der Waals surface area contributed by atoms with Crippen LogP contribution in [0.5, 0.6) is 0 Å². The maximum absolute atomic E-state index is 13.3. The zero-order valence-corrected chi connectivity index (χ0v) is 24.0. The first-order chi connectivity index (χ1) is 18.7. The van der Waals surface area contributed by atoms with Crippen molar-refractivity contribution in [3.05, 3.63) is 87.9 Å². The number of nitrogens with zero attached hydrogens (tertiary/aromatic N) is 2. The zero-order chi connectivity index (χ0) is 28.1. The molecule has 2 N–H and O–H groups in total.